The predicted octanol–water partition coefficient (Wildman–Crippen LogP) is 2.17. The Morgan fingerprint density at radius 2 is 2.00 bits per heavy atom. The molecule has 0 radical (unpaired) electrons. The zero-order valence-electron chi connectivity index (χ0n) is 8.27. The van der Waals surface area contributed by atoms with Crippen molar-refractivity contribution in [3.63, 3.8) is 0 Å². The van der Waals surface area contributed by atoms with E-state index in [0.717, 1.165) is 12.0 Å². The van der Waals surface area contributed by atoms with Gasteiger partial charge in [0.1, 0.15) is 0 Å². The number of ether oxygens (including phenoxy) is 1. The highest BCUT2D eigenvalue weighted by Crippen LogP contribution is 2.13. The quantitative estimate of drug-likeness (QED) is 0.546. The minimum absolute atomic E-state index is 0.124. The third-order valence-corrected chi connectivity index (χ3v) is 2.07. The summed E-state index contributed by atoms with van der Waals surface area (Å²) in [7, 11) is 1.65. The average molecular weight is 195 g/mol. The number of non-ortho nitro benzene ring substituents is 1. The second-order valence-corrected chi connectivity index (χ2v) is 3.17. The van der Waals surface area contributed by atoms with E-state index in [1.165, 1.54) is 12.1 Å². The number of hydrogen-bond acceptors (Lipinski definition) is 3. The molecule has 0 saturated heterocycles. The van der Waals surface area contributed by atoms with Crippen molar-refractivity contribution in [2.75, 3.05) is 7.11 Å². The van der Waals surface area contributed by atoms with Gasteiger partial charge in [-0.25, -0.2) is 0 Å². The van der Waals surface area contributed by atoms with Gasteiger partial charge in [-0.05, 0) is 18.9 Å². The van der Waals surface area contributed by atoms with Crippen LogP contribution in [0.25, 0.3) is 0 Å². The molecule has 0 N–H and O–H groups in total. The Bertz CT molecular complexity index is 308. The van der Waals surface area contributed by atoms with Crippen LogP contribution in [0.1, 0.15) is 12.5 Å². The van der Waals surface area contributed by atoms with E-state index in [9.17, 15) is 10.1 Å². The van der Waals surface area contributed by atoms with E-state index in [0.29, 0.717) is 0 Å². The van der Waals surface area contributed by atoms with E-state index in [4.69, 9.17) is 4.74 Å². The number of hydrogen-bond donors (Lipinski definition) is 0. The van der Waals surface area contributed by atoms with Crippen molar-refractivity contribution >= 4 is 5.69 Å². The Labute approximate surface area is 82.7 Å². The van der Waals surface area contributed by atoms with Crippen molar-refractivity contribution in [3.8, 4) is 0 Å². The molecule has 1 aromatic carbocycles. The molecule has 0 saturated carbocycles. The molecule has 4 heteroatoms. The van der Waals surface area contributed by atoms with Crippen LogP contribution in [-0.4, -0.2) is 18.1 Å². The molecule has 0 amide bonds. The van der Waals surface area contributed by atoms with Crippen LogP contribution in [0, 0.1) is 10.1 Å². The molecule has 4 nitrogen and oxygen atoms in total. The number of nitro groups is 1. The van der Waals surface area contributed by atoms with Crippen molar-refractivity contribution in [2.24, 2.45) is 0 Å². The third-order valence-electron chi connectivity index (χ3n) is 2.07. The molecule has 0 bridgehead atoms. The first kappa shape index (κ1) is 10.7. The van der Waals surface area contributed by atoms with Crippen LogP contribution >= 0.6 is 0 Å². The molecule has 1 unspecified atom stereocenters. The molecule has 0 heterocycles. The molecule has 0 aliphatic carbocycles. The Kier molecular flexibility index (Phi) is 3.59. The van der Waals surface area contributed by atoms with Crippen LogP contribution in [0.2, 0.25) is 0 Å². The van der Waals surface area contributed by atoms with Crippen LogP contribution in [0.3, 0.4) is 0 Å². The highest BCUT2D eigenvalue weighted by atomic mass is 16.6. The Morgan fingerprint density at radius 3 is 2.43 bits per heavy atom. The van der Waals surface area contributed by atoms with Gasteiger partial charge < -0.3 is 4.74 Å². The smallest absolute Gasteiger partial charge is 0.269 e. The molecule has 0 fully saturated rings. The Hall–Kier alpha value is -1.42. The van der Waals surface area contributed by atoms with Crippen LogP contribution in [0.4, 0.5) is 5.69 Å². The second-order valence-electron chi connectivity index (χ2n) is 3.17. The molecule has 0 spiro atoms. The highest BCUT2D eigenvalue weighted by Gasteiger charge is 2.05. The van der Waals surface area contributed by atoms with Gasteiger partial charge in [0.25, 0.3) is 5.69 Å². The first-order valence-electron chi connectivity index (χ1n) is 4.39. The fourth-order valence-corrected chi connectivity index (χ4v) is 1.17. The topological polar surface area (TPSA) is 52.4 Å². The molecule has 0 aliphatic heterocycles. The van der Waals surface area contributed by atoms with E-state index in [1.807, 2.05) is 6.92 Å². The van der Waals surface area contributed by atoms with Crippen LogP contribution in [-0.2, 0) is 11.2 Å². The van der Waals surface area contributed by atoms with E-state index < -0.39 is 4.92 Å². The fourth-order valence-electron chi connectivity index (χ4n) is 1.17. The summed E-state index contributed by atoms with van der Waals surface area (Å²) in [5, 5.41) is 10.4. The molecule has 1 rings (SSSR count). The van der Waals surface area contributed by atoms with Crippen molar-refractivity contribution in [3.05, 3.63) is 39.9 Å². The number of nitrogens with zero attached hydrogens (tertiary/aromatic N) is 1. The Balaban J connectivity index is 2.68. The number of nitro benzene ring substituents is 1. The van der Waals surface area contributed by atoms with Gasteiger partial charge in [-0.15, -0.1) is 0 Å². The first-order valence-corrected chi connectivity index (χ1v) is 4.39. The van der Waals surface area contributed by atoms with Gasteiger partial charge in [0.2, 0.25) is 0 Å². The summed E-state index contributed by atoms with van der Waals surface area (Å²) in [5.74, 6) is 0. The summed E-state index contributed by atoms with van der Waals surface area (Å²) in [6.45, 7) is 1.96. The number of benzene rings is 1. The lowest BCUT2D eigenvalue weighted by Gasteiger charge is -2.08. The number of rotatable bonds is 4. The van der Waals surface area contributed by atoms with Crippen LogP contribution in [0.5, 0.6) is 0 Å². The van der Waals surface area contributed by atoms with Crippen molar-refractivity contribution in [1.29, 1.82) is 0 Å². The molecule has 0 aromatic heterocycles. The number of methoxy groups -OCH3 is 1. The summed E-state index contributed by atoms with van der Waals surface area (Å²) in [6, 6.07) is 6.54. The van der Waals surface area contributed by atoms with Gasteiger partial charge in [0, 0.05) is 19.2 Å². The van der Waals surface area contributed by atoms with Crippen molar-refractivity contribution in [2.45, 2.75) is 19.4 Å². The van der Waals surface area contributed by atoms with Gasteiger partial charge >= 0.3 is 0 Å². The standard InChI is InChI=1S/C10H13NO3/c1-8(14-2)7-9-3-5-10(6-4-9)11(12)13/h3-6,8H,7H2,1-2H3. The van der Waals surface area contributed by atoms with E-state index >= 15 is 0 Å². The van der Waals surface area contributed by atoms with E-state index in [2.05, 4.69) is 0 Å². The van der Waals surface area contributed by atoms with E-state index in [1.54, 1.807) is 19.2 Å². The van der Waals surface area contributed by atoms with E-state index in [-0.39, 0.29) is 11.8 Å². The largest absolute Gasteiger partial charge is 0.381 e. The third kappa shape index (κ3) is 2.81. The zero-order valence-corrected chi connectivity index (χ0v) is 8.27. The summed E-state index contributed by atoms with van der Waals surface area (Å²) in [6.07, 6.45) is 0.908. The minimum atomic E-state index is -0.399. The van der Waals surface area contributed by atoms with Crippen LogP contribution < -0.4 is 0 Å². The summed E-state index contributed by atoms with van der Waals surface area (Å²) in [5.41, 5.74) is 1.17. The monoisotopic (exact) mass is 195 g/mol. The molecule has 76 valence electrons. The SMILES string of the molecule is COC(C)Cc1ccc([N+](=O)[O-])cc1. The van der Waals surface area contributed by atoms with Crippen LogP contribution in [0.15, 0.2) is 24.3 Å². The average Bonchev–Trinajstić information content (AvgIpc) is 2.18. The highest BCUT2D eigenvalue weighted by molar-refractivity contribution is 5.33. The molecule has 0 aliphatic rings. The van der Waals surface area contributed by atoms with Gasteiger partial charge in [-0.1, -0.05) is 12.1 Å². The van der Waals surface area contributed by atoms with Gasteiger partial charge in [-0.3, -0.25) is 10.1 Å². The maximum atomic E-state index is 10.4. The molecule has 14 heavy (non-hydrogen) atoms. The van der Waals surface area contributed by atoms with Crippen molar-refractivity contribution in [1.82, 2.24) is 0 Å². The lowest BCUT2D eigenvalue weighted by molar-refractivity contribution is -0.384. The molecular formula is C10H13NO3. The first-order chi connectivity index (χ1) is 6.63. The van der Waals surface area contributed by atoms with Gasteiger partial charge in [0.05, 0.1) is 11.0 Å². The zero-order chi connectivity index (χ0) is 10.6. The predicted molar refractivity (Wildman–Crippen MR) is 53.3 cm³/mol. The maximum absolute atomic E-state index is 10.4. The van der Waals surface area contributed by atoms with Gasteiger partial charge in [0.15, 0.2) is 0 Å². The van der Waals surface area contributed by atoms with Gasteiger partial charge in [-0.2, -0.15) is 0 Å². The minimum Gasteiger partial charge on any atom is -0.381 e. The Morgan fingerprint density at radius 1 is 1.43 bits per heavy atom. The van der Waals surface area contributed by atoms with Crippen molar-refractivity contribution < 1.29 is 9.66 Å². The second kappa shape index (κ2) is 4.72. The molecule has 1 atom stereocenters. The summed E-state index contributed by atoms with van der Waals surface area (Å²) < 4.78 is 5.10. The molecular weight excluding hydrogens is 182 g/mol. The molecule has 1 aromatic rings. The lowest BCUT2D eigenvalue weighted by atomic mass is 10.1. The summed E-state index contributed by atoms with van der Waals surface area (Å²) in [4.78, 5) is 9.97. The normalized spacial score (nSPS) is 12.4. The lowest BCUT2D eigenvalue weighted by Crippen LogP contribution is -2.08. The summed E-state index contributed by atoms with van der Waals surface area (Å²) >= 11 is 0. The fraction of sp³-hybridized carbons (Fsp3) is 0.400. The maximum Gasteiger partial charge on any atom is 0.269 e.